The average molecular weight is 288 g/mol. The summed E-state index contributed by atoms with van der Waals surface area (Å²) in [6.45, 7) is 3.64. The highest BCUT2D eigenvalue weighted by molar-refractivity contribution is 5.39. The number of hydrogen-bond donors (Lipinski definition) is 1. The SMILES string of the molecule is COc1ccccc1OCC#CC[NH2+][C@H]1CCCC[C@@H]1C. The largest absolute Gasteiger partial charge is 0.493 e. The Labute approximate surface area is 128 Å². The van der Waals surface area contributed by atoms with E-state index in [2.05, 4.69) is 24.1 Å². The van der Waals surface area contributed by atoms with Gasteiger partial charge >= 0.3 is 0 Å². The molecule has 2 atom stereocenters. The van der Waals surface area contributed by atoms with Gasteiger partial charge < -0.3 is 14.8 Å². The molecule has 3 heteroatoms. The van der Waals surface area contributed by atoms with E-state index < -0.39 is 0 Å². The van der Waals surface area contributed by atoms with Gasteiger partial charge in [0.1, 0.15) is 13.2 Å². The zero-order valence-corrected chi connectivity index (χ0v) is 13.1. The summed E-state index contributed by atoms with van der Waals surface area (Å²) in [6.07, 6.45) is 5.46. The minimum Gasteiger partial charge on any atom is -0.493 e. The Morgan fingerprint density at radius 2 is 1.90 bits per heavy atom. The Kier molecular flexibility index (Phi) is 6.43. The monoisotopic (exact) mass is 288 g/mol. The van der Waals surface area contributed by atoms with Crippen LogP contribution in [0.15, 0.2) is 24.3 Å². The van der Waals surface area contributed by atoms with Crippen LogP contribution in [0.2, 0.25) is 0 Å². The molecule has 2 rings (SSSR count). The van der Waals surface area contributed by atoms with Crippen LogP contribution in [0.5, 0.6) is 11.5 Å². The maximum Gasteiger partial charge on any atom is 0.162 e. The first-order valence-electron chi connectivity index (χ1n) is 7.86. The normalized spacial score (nSPS) is 21.2. The second kappa shape index (κ2) is 8.59. The van der Waals surface area contributed by atoms with Crippen molar-refractivity contribution in [3.63, 3.8) is 0 Å². The Morgan fingerprint density at radius 3 is 2.67 bits per heavy atom. The minimum absolute atomic E-state index is 0.411. The topological polar surface area (TPSA) is 35.1 Å². The molecule has 0 bridgehead atoms. The fourth-order valence-corrected chi connectivity index (χ4v) is 2.88. The van der Waals surface area contributed by atoms with Gasteiger partial charge in [0.05, 0.1) is 13.2 Å². The molecule has 1 aromatic carbocycles. The summed E-state index contributed by atoms with van der Waals surface area (Å²) in [4.78, 5) is 0. The molecule has 0 amide bonds. The quantitative estimate of drug-likeness (QED) is 0.843. The highest BCUT2D eigenvalue weighted by Crippen LogP contribution is 2.25. The van der Waals surface area contributed by atoms with Crippen molar-refractivity contribution in [2.45, 2.75) is 38.6 Å². The molecule has 0 radical (unpaired) electrons. The van der Waals surface area contributed by atoms with E-state index in [1.807, 2.05) is 24.3 Å². The maximum absolute atomic E-state index is 5.63. The molecular formula is C18H26NO2+. The summed E-state index contributed by atoms with van der Waals surface area (Å²) >= 11 is 0. The van der Waals surface area contributed by atoms with Gasteiger partial charge in [0.2, 0.25) is 0 Å². The third kappa shape index (κ3) is 4.99. The Balaban J connectivity index is 1.69. The molecule has 0 aliphatic heterocycles. The lowest BCUT2D eigenvalue weighted by molar-refractivity contribution is -0.688. The molecule has 1 aromatic rings. The molecule has 0 spiro atoms. The summed E-state index contributed by atoms with van der Waals surface area (Å²) in [6, 6.07) is 8.40. The van der Waals surface area contributed by atoms with Crippen LogP contribution < -0.4 is 14.8 Å². The van der Waals surface area contributed by atoms with Gasteiger partial charge in [-0.15, -0.1) is 0 Å². The molecule has 0 unspecified atom stereocenters. The van der Waals surface area contributed by atoms with E-state index in [0.29, 0.717) is 6.61 Å². The molecule has 1 saturated carbocycles. The standard InChI is InChI=1S/C18H25NO2/c1-15-9-3-4-10-16(15)19-13-7-8-14-21-18-12-6-5-11-17(18)20-2/h5-6,11-12,15-16,19H,3-4,9-10,13-14H2,1-2H3/p+1/t15-,16-/m0/s1. The number of rotatable bonds is 5. The number of ether oxygens (including phenoxy) is 2. The summed E-state index contributed by atoms with van der Waals surface area (Å²) in [5, 5.41) is 2.39. The Hall–Kier alpha value is -1.66. The van der Waals surface area contributed by atoms with Crippen molar-refractivity contribution in [2.24, 2.45) is 5.92 Å². The van der Waals surface area contributed by atoms with Crippen LogP contribution in [0, 0.1) is 17.8 Å². The first kappa shape index (κ1) is 15.7. The van der Waals surface area contributed by atoms with E-state index >= 15 is 0 Å². The van der Waals surface area contributed by atoms with Gasteiger partial charge in [-0.1, -0.05) is 31.4 Å². The zero-order chi connectivity index (χ0) is 14.9. The third-order valence-corrected chi connectivity index (χ3v) is 4.19. The van der Waals surface area contributed by atoms with E-state index in [4.69, 9.17) is 9.47 Å². The highest BCUT2D eigenvalue weighted by Gasteiger charge is 2.23. The summed E-state index contributed by atoms with van der Waals surface area (Å²) < 4.78 is 10.9. The van der Waals surface area contributed by atoms with E-state index in [1.54, 1.807) is 7.11 Å². The van der Waals surface area contributed by atoms with Crippen molar-refractivity contribution in [3.05, 3.63) is 24.3 Å². The smallest absolute Gasteiger partial charge is 0.162 e. The molecule has 114 valence electrons. The molecular weight excluding hydrogens is 262 g/mol. The molecule has 1 aliphatic carbocycles. The second-order valence-electron chi connectivity index (χ2n) is 5.66. The average Bonchev–Trinajstić information content (AvgIpc) is 2.52. The predicted octanol–water partition coefficient (Wildman–Crippen LogP) is 2.22. The molecule has 1 fully saturated rings. The zero-order valence-electron chi connectivity index (χ0n) is 13.1. The molecule has 2 N–H and O–H groups in total. The van der Waals surface area contributed by atoms with Crippen molar-refractivity contribution < 1.29 is 14.8 Å². The predicted molar refractivity (Wildman–Crippen MR) is 84.5 cm³/mol. The fraction of sp³-hybridized carbons (Fsp3) is 0.556. The number of para-hydroxylation sites is 2. The van der Waals surface area contributed by atoms with E-state index in [9.17, 15) is 0 Å². The van der Waals surface area contributed by atoms with Crippen LogP contribution in [-0.2, 0) is 0 Å². The van der Waals surface area contributed by atoms with Crippen LogP contribution in [0.1, 0.15) is 32.6 Å². The molecule has 0 saturated heterocycles. The lowest BCUT2D eigenvalue weighted by atomic mass is 9.86. The van der Waals surface area contributed by atoms with Gasteiger partial charge in [-0.25, -0.2) is 0 Å². The van der Waals surface area contributed by atoms with Crippen molar-refractivity contribution in [3.8, 4) is 23.3 Å². The lowest BCUT2D eigenvalue weighted by Crippen LogP contribution is -2.91. The van der Waals surface area contributed by atoms with Crippen molar-refractivity contribution >= 4 is 0 Å². The number of benzene rings is 1. The van der Waals surface area contributed by atoms with E-state index in [1.165, 1.54) is 25.7 Å². The molecule has 1 aliphatic rings. The minimum atomic E-state index is 0.411. The van der Waals surface area contributed by atoms with E-state index in [-0.39, 0.29) is 0 Å². The molecule has 3 nitrogen and oxygen atoms in total. The first-order chi connectivity index (χ1) is 10.3. The van der Waals surface area contributed by atoms with Crippen LogP contribution in [0.3, 0.4) is 0 Å². The van der Waals surface area contributed by atoms with Crippen LogP contribution >= 0.6 is 0 Å². The van der Waals surface area contributed by atoms with Crippen LogP contribution in [0.25, 0.3) is 0 Å². The summed E-state index contributed by atoms with van der Waals surface area (Å²) in [7, 11) is 1.65. The van der Waals surface area contributed by atoms with Crippen molar-refractivity contribution in [2.75, 3.05) is 20.3 Å². The third-order valence-electron chi connectivity index (χ3n) is 4.19. The van der Waals surface area contributed by atoms with Crippen LogP contribution in [-0.4, -0.2) is 26.3 Å². The Bertz CT molecular complexity index is 489. The van der Waals surface area contributed by atoms with Crippen molar-refractivity contribution in [1.29, 1.82) is 0 Å². The fourth-order valence-electron chi connectivity index (χ4n) is 2.88. The number of methoxy groups -OCH3 is 1. The van der Waals surface area contributed by atoms with Gasteiger partial charge in [-0.2, -0.15) is 0 Å². The number of nitrogens with two attached hydrogens (primary N) is 1. The van der Waals surface area contributed by atoms with Gasteiger partial charge in [-0.05, 0) is 37.3 Å². The Morgan fingerprint density at radius 1 is 1.14 bits per heavy atom. The molecule has 21 heavy (non-hydrogen) atoms. The molecule has 0 heterocycles. The van der Waals surface area contributed by atoms with Gasteiger partial charge in [0, 0.05) is 5.92 Å². The van der Waals surface area contributed by atoms with Crippen molar-refractivity contribution in [1.82, 2.24) is 0 Å². The number of quaternary nitrogens is 1. The highest BCUT2D eigenvalue weighted by atomic mass is 16.5. The van der Waals surface area contributed by atoms with Gasteiger partial charge in [0.15, 0.2) is 11.5 Å². The van der Waals surface area contributed by atoms with Gasteiger partial charge in [-0.3, -0.25) is 0 Å². The summed E-state index contributed by atoms with van der Waals surface area (Å²) in [5.74, 6) is 8.60. The van der Waals surface area contributed by atoms with E-state index in [0.717, 1.165) is 30.0 Å². The molecule has 0 aromatic heterocycles. The number of hydrogen-bond acceptors (Lipinski definition) is 2. The van der Waals surface area contributed by atoms with Gasteiger partial charge in [0.25, 0.3) is 0 Å². The summed E-state index contributed by atoms with van der Waals surface area (Å²) in [5.41, 5.74) is 0. The maximum atomic E-state index is 5.63. The first-order valence-corrected chi connectivity index (χ1v) is 7.86. The van der Waals surface area contributed by atoms with Crippen LogP contribution in [0.4, 0.5) is 0 Å². The lowest BCUT2D eigenvalue weighted by Gasteiger charge is -2.25. The second-order valence-corrected chi connectivity index (χ2v) is 5.66.